The number of hydrogen-bond acceptors (Lipinski definition) is 5. The van der Waals surface area contributed by atoms with Gasteiger partial charge in [0.25, 0.3) is 0 Å². The fraction of sp³-hybridized carbons (Fsp3) is 0.167. The zero-order chi connectivity index (χ0) is 17.7. The predicted octanol–water partition coefficient (Wildman–Crippen LogP) is 3.00. The summed E-state index contributed by atoms with van der Waals surface area (Å²) >= 11 is 0. The fourth-order valence-electron chi connectivity index (χ4n) is 2.18. The highest BCUT2D eigenvalue weighted by molar-refractivity contribution is 7.90. The highest BCUT2D eigenvalue weighted by Gasteiger charge is 2.21. The van der Waals surface area contributed by atoms with E-state index in [1.54, 1.807) is 6.08 Å². The Bertz CT molecular complexity index is 868. The third-order valence-corrected chi connectivity index (χ3v) is 4.50. The van der Waals surface area contributed by atoms with E-state index in [9.17, 15) is 13.2 Å². The number of rotatable bonds is 6. The molecule has 0 aromatic heterocycles. The number of benzene rings is 2. The monoisotopic (exact) mass is 346 g/mol. The van der Waals surface area contributed by atoms with Crippen LogP contribution in [0, 0.1) is 0 Å². The lowest BCUT2D eigenvalue weighted by Gasteiger charge is -2.12. The second-order valence-electron chi connectivity index (χ2n) is 5.08. The first-order chi connectivity index (χ1) is 11.4. The summed E-state index contributed by atoms with van der Waals surface area (Å²) in [7, 11) is -0.780. The normalized spacial score (nSPS) is 11.5. The minimum Gasteiger partial charge on any atom is -0.496 e. The molecule has 0 heterocycles. The third kappa shape index (κ3) is 4.02. The van der Waals surface area contributed by atoms with E-state index in [4.69, 9.17) is 9.47 Å². The van der Waals surface area contributed by atoms with Gasteiger partial charge in [0.1, 0.15) is 16.4 Å². The van der Waals surface area contributed by atoms with Gasteiger partial charge >= 0.3 is 0 Å². The number of sulfone groups is 1. The number of ketones is 1. The van der Waals surface area contributed by atoms with Crippen molar-refractivity contribution in [3.63, 3.8) is 0 Å². The Morgan fingerprint density at radius 3 is 2.17 bits per heavy atom. The maximum atomic E-state index is 12.5. The van der Waals surface area contributed by atoms with E-state index in [0.29, 0.717) is 0 Å². The lowest BCUT2D eigenvalue weighted by molar-refractivity contribution is 0.104. The Balaban J connectivity index is 2.48. The van der Waals surface area contributed by atoms with Crippen molar-refractivity contribution in [2.75, 3.05) is 20.5 Å². The standard InChI is InChI=1S/C18H18O5S/c1-22-16-12-17(23-2)18(24(3,20)21)11-14(16)15(19)10-9-13-7-5-4-6-8-13/h4-12H,1-3H3. The van der Waals surface area contributed by atoms with Gasteiger partial charge in [-0.15, -0.1) is 0 Å². The van der Waals surface area contributed by atoms with E-state index >= 15 is 0 Å². The molecule has 0 aliphatic heterocycles. The lowest BCUT2D eigenvalue weighted by atomic mass is 10.1. The zero-order valence-corrected chi connectivity index (χ0v) is 14.5. The molecule has 2 aromatic rings. The van der Waals surface area contributed by atoms with Crippen molar-refractivity contribution < 1.29 is 22.7 Å². The number of allylic oxidation sites excluding steroid dienone is 1. The molecule has 0 aliphatic carbocycles. The Morgan fingerprint density at radius 1 is 1.00 bits per heavy atom. The summed E-state index contributed by atoms with van der Waals surface area (Å²) in [6.07, 6.45) is 4.10. The molecular formula is C18H18O5S. The van der Waals surface area contributed by atoms with E-state index in [0.717, 1.165) is 11.8 Å². The van der Waals surface area contributed by atoms with Crippen LogP contribution in [-0.2, 0) is 9.84 Å². The van der Waals surface area contributed by atoms with Gasteiger partial charge in [0.15, 0.2) is 15.6 Å². The molecule has 0 saturated heterocycles. The first kappa shape index (κ1) is 17.7. The summed E-state index contributed by atoms with van der Waals surface area (Å²) in [5.41, 5.74) is 1.02. The van der Waals surface area contributed by atoms with Gasteiger partial charge in [0, 0.05) is 12.3 Å². The van der Waals surface area contributed by atoms with E-state index in [2.05, 4.69) is 0 Å². The molecule has 0 fully saturated rings. The van der Waals surface area contributed by atoms with Crippen molar-refractivity contribution in [2.24, 2.45) is 0 Å². The third-order valence-electron chi connectivity index (χ3n) is 3.38. The fourth-order valence-corrected chi connectivity index (χ4v) is 3.02. The van der Waals surface area contributed by atoms with E-state index in [1.165, 1.54) is 32.4 Å². The molecule has 2 rings (SSSR count). The smallest absolute Gasteiger partial charge is 0.189 e. The molecule has 126 valence electrons. The van der Waals surface area contributed by atoms with Crippen LogP contribution in [0.4, 0.5) is 0 Å². The molecule has 0 amide bonds. The maximum Gasteiger partial charge on any atom is 0.189 e. The molecule has 0 unspecified atom stereocenters. The number of carbonyl (C=O) groups is 1. The summed E-state index contributed by atoms with van der Waals surface area (Å²) in [5.74, 6) is 0.0307. The van der Waals surface area contributed by atoms with Crippen LogP contribution in [0.3, 0.4) is 0 Å². The molecule has 0 spiro atoms. The van der Waals surface area contributed by atoms with Crippen LogP contribution >= 0.6 is 0 Å². The first-order valence-corrected chi connectivity index (χ1v) is 8.99. The number of ether oxygens (including phenoxy) is 2. The summed E-state index contributed by atoms with van der Waals surface area (Å²) in [6.45, 7) is 0. The van der Waals surface area contributed by atoms with Gasteiger partial charge in [0.05, 0.1) is 19.8 Å². The van der Waals surface area contributed by atoms with Crippen LogP contribution in [0.5, 0.6) is 11.5 Å². The van der Waals surface area contributed by atoms with Crippen LogP contribution in [0.1, 0.15) is 15.9 Å². The van der Waals surface area contributed by atoms with Crippen molar-refractivity contribution in [3.05, 3.63) is 59.7 Å². The second-order valence-corrected chi connectivity index (χ2v) is 7.07. The van der Waals surface area contributed by atoms with Crippen molar-refractivity contribution in [1.82, 2.24) is 0 Å². The molecule has 5 nitrogen and oxygen atoms in total. The van der Waals surface area contributed by atoms with Gasteiger partial charge in [-0.05, 0) is 17.7 Å². The molecule has 0 saturated carbocycles. The van der Waals surface area contributed by atoms with Gasteiger partial charge in [-0.1, -0.05) is 36.4 Å². The highest BCUT2D eigenvalue weighted by Crippen LogP contribution is 2.32. The van der Waals surface area contributed by atoms with Gasteiger partial charge in [-0.3, -0.25) is 4.79 Å². The minimum absolute atomic E-state index is 0.0535. The molecule has 0 N–H and O–H groups in total. The topological polar surface area (TPSA) is 69.7 Å². The maximum absolute atomic E-state index is 12.5. The average Bonchev–Trinajstić information content (AvgIpc) is 2.58. The van der Waals surface area contributed by atoms with Crippen LogP contribution < -0.4 is 9.47 Å². The number of methoxy groups -OCH3 is 2. The van der Waals surface area contributed by atoms with Gasteiger partial charge in [-0.2, -0.15) is 0 Å². The van der Waals surface area contributed by atoms with Crippen molar-refractivity contribution in [2.45, 2.75) is 4.90 Å². The Labute approximate surface area is 141 Å². The summed E-state index contributed by atoms with van der Waals surface area (Å²) in [5, 5.41) is 0. The molecular weight excluding hydrogens is 328 g/mol. The van der Waals surface area contributed by atoms with Gasteiger partial charge in [-0.25, -0.2) is 8.42 Å². The summed E-state index contributed by atoms with van der Waals surface area (Å²) < 4.78 is 34.1. The highest BCUT2D eigenvalue weighted by atomic mass is 32.2. The van der Waals surface area contributed by atoms with Crippen molar-refractivity contribution in [1.29, 1.82) is 0 Å². The number of carbonyl (C=O) groups excluding carboxylic acids is 1. The lowest BCUT2D eigenvalue weighted by Crippen LogP contribution is -2.06. The van der Waals surface area contributed by atoms with E-state index in [-0.39, 0.29) is 27.7 Å². The number of hydrogen-bond donors (Lipinski definition) is 0. The predicted molar refractivity (Wildman–Crippen MR) is 92.5 cm³/mol. The van der Waals surface area contributed by atoms with E-state index in [1.807, 2.05) is 30.3 Å². The summed E-state index contributed by atoms with van der Waals surface area (Å²) in [6, 6.07) is 12.0. The van der Waals surface area contributed by atoms with Crippen molar-refractivity contribution >= 4 is 21.7 Å². The Morgan fingerprint density at radius 2 is 1.62 bits per heavy atom. The molecule has 6 heteroatoms. The summed E-state index contributed by atoms with van der Waals surface area (Å²) in [4.78, 5) is 12.4. The van der Waals surface area contributed by atoms with Gasteiger partial charge < -0.3 is 9.47 Å². The SMILES string of the molecule is COc1cc(OC)c(S(C)(=O)=O)cc1C(=O)C=Cc1ccccc1. The molecule has 2 aromatic carbocycles. The molecule has 0 aliphatic rings. The van der Waals surface area contributed by atoms with Crippen molar-refractivity contribution in [3.8, 4) is 11.5 Å². The van der Waals surface area contributed by atoms with Crippen LogP contribution in [0.15, 0.2) is 53.4 Å². The van der Waals surface area contributed by atoms with Crippen LogP contribution in [0.2, 0.25) is 0 Å². The molecule has 24 heavy (non-hydrogen) atoms. The molecule has 0 bridgehead atoms. The Hall–Kier alpha value is -2.60. The zero-order valence-electron chi connectivity index (χ0n) is 13.6. The first-order valence-electron chi connectivity index (χ1n) is 7.10. The quantitative estimate of drug-likeness (QED) is 0.594. The second kappa shape index (κ2) is 7.31. The largest absolute Gasteiger partial charge is 0.496 e. The molecule has 0 radical (unpaired) electrons. The van der Waals surface area contributed by atoms with Crippen LogP contribution in [-0.4, -0.2) is 34.7 Å². The van der Waals surface area contributed by atoms with E-state index < -0.39 is 9.84 Å². The Kier molecular flexibility index (Phi) is 5.41. The van der Waals surface area contributed by atoms with Gasteiger partial charge in [0.2, 0.25) is 0 Å². The average molecular weight is 346 g/mol. The van der Waals surface area contributed by atoms with Crippen LogP contribution in [0.25, 0.3) is 6.08 Å². The molecule has 0 atom stereocenters. The minimum atomic E-state index is -3.55.